The van der Waals surface area contributed by atoms with Crippen molar-refractivity contribution in [1.82, 2.24) is 20.3 Å². The highest BCUT2D eigenvalue weighted by Gasteiger charge is 2.29. The second-order valence-corrected chi connectivity index (χ2v) is 9.42. The Balaban J connectivity index is 1.39. The van der Waals surface area contributed by atoms with Gasteiger partial charge in [-0.3, -0.25) is 9.78 Å². The number of hydrogen-bond donors (Lipinski definition) is 1. The van der Waals surface area contributed by atoms with E-state index in [0.29, 0.717) is 24.7 Å². The molecule has 0 atom stereocenters. The van der Waals surface area contributed by atoms with Crippen LogP contribution in [0.3, 0.4) is 0 Å². The van der Waals surface area contributed by atoms with Crippen molar-refractivity contribution in [2.45, 2.75) is 38.1 Å². The fourth-order valence-corrected chi connectivity index (χ4v) is 5.31. The van der Waals surface area contributed by atoms with E-state index in [-0.39, 0.29) is 11.9 Å². The number of fused-ring (bicyclic) bond motifs is 1. The number of carbonyl (C=O) groups excluding carboxylic acids is 1. The number of ether oxygens (including phenoxy) is 1. The summed E-state index contributed by atoms with van der Waals surface area (Å²) in [5.41, 5.74) is 4.73. The highest BCUT2D eigenvalue weighted by Crippen LogP contribution is 2.39. The van der Waals surface area contributed by atoms with E-state index in [2.05, 4.69) is 20.1 Å². The first kappa shape index (κ1) is 22.0. The van der Waals surface area contributed by atoms with Crippen LogP contribution in [0, 0.1) is 0 Å². The third-order valence-corrected chi connectivity index (χ3v) is 7.17. The van der Waals surface area contributed by atoms with Gasteiger partial charge in [0.15, 0.2) is 0 Å². The average Bonchev–Trinajstić information content (AvgIpc) is 3.59. The maximum Gasteiger partial charge on any atom is 0.251 e. The first-order valence-corrected chi connectivity index (χ1v) is 12.6. The number of hydrogen-bond acceptors (Lipinski definition) is 7. The van der Waals surface area contributed by atoms with Gasteiger partial charge >= 0.3 is 0 Å². The number of benzene rings is 1. The number of aromatic nitrogens is 3. The molecule has 2 aliphatic heterocycles. The molecule has 1 N–H and O–H groups in total. The second kappa shape index (κ2) is 9.62. The molecule has 0 bridgehead atoms. The predicted molar refractivity (Wildman–Crippen MR) is 135 cm³/mol. The molecule has 1 aliphatic carbocycles. The number of nitrogens with zero attached hydrogens (tertiary/aromatic N) is 5. The smallest absolute Gasteiger partial charge is 0.251 e. The van der Waals surface area contributed by atoms with Crippen molar-refractivity contribution in [3.8, 4) is 11.3 Å². The van der Waals surface area contributed by atoms with Crippen LogP contribution in [0.15, 0.2) is 48.8 Å². The van der Waals surface area contributed by atoms with Crippen molar-refractivity contribution >= 4 is 23.4 Å². The fraction of sp³-hybridized carbons (Fsp3) is 0.407. The lowest BCUT2D eigenvalue weighted by molar-refractivity contribution is 0.0938. The summed E-state index contributed by atoms with van der Waals surface area (Å²) in [5.74, 6) is 1.64. The van der Waals surface area contributed by atoms with Gasteiger partial charge in [-0.2, -0.15) is 4.98 Å². The molecule has 2 aromatic heterocycles. The largest absolute Gasteiger partial charge is 0.378 e. The molecule has 0 unspecified atom stereocenters. The van der Waals surface area contributed by atoms with Crippen LogP contribution < -0.4 is 15.1 Å². The van der Waals surface area contributed by atoms with Gasteiger partial charge in [0.2, 0.25) is 5.95 Å². The molecule has 3 aliphatic rings. The molecule has 1 aromatic carbocycles. The molecule has 0 spiro atoms. The molecule has 1 saturated heterocycles. The molecule has 8 nitrogen and oxygen atoms in total. The van der Waals surface area contributed by atoms with Crippen molar-refractivity contribution in [2.24, 2.45) is 0 Å². The molecule has 3 aromatic rings. The standard InChI is InChI=1S/C27H30N6O2/c34-26(29-21-6-1-2-7-21)20-5-3-4-19(18-20)24-23-10-13-33(22-8-11-28-12-9-22)25(23)31-27(30-24)32-14-16-35-17-15-32/h3-5,8-9,11-12,18,21H,1-2,6-7,10,13-17H2,(H,29,34). The van der Waals surface area contributed by atoms with Crippen molar-refractivity contribution < 1.29 is 9.53 Å². The van der Waals surface area contributed by atoms with Crippen molar-refractivity contribution in [1.29, 1.82) is 0 Å². The molecule has 4 heterocycles. The maximum absolute atomic E-state index is 13.0. The van der Waals surface area contributed by atoms with Crippen LogP contribution >= 0.6 is 0 Å². The zero-order valence-electron chi connectivity index (χ0n) is 19.8. The van der Waals surface area contributed by atoms with E-state index in [1.54, 1.807) is 0 Å². The van der Waals surface area contributed by atoms with Gasteiger partial charge in [-0.05, 0) is 43.5 Å². The van der Waals surface area contributed by atoms with Crippen LogP contribution in [-0.4, -0.2) is 59.7 Å². The predicted octanol–water partition coefficient (Wildman–Crippen LogP) is 3.74. The highest BCUT2D eigenvalue weighted by atomic mass is 16.5. The first-order chi connectivity index (χ1) is 17.3. The van der Waals surface area contributed by atoms with Crippen LogP contribution in [0.4, 0.5) is 17.5 Å². The molecule has 6 rings (SSSR count). The summed E-state index contributed by atoms with van der Waals surface area (Å²) in [6.07, 6.45) is 8.98. The SMILES string of the molecule is O=C(NC1CCCC1)c1cccc(-c2nc(N3CCOCC3)nc3c2CCN3c2ccncc2)c1. The van der Waals surface area contributed by atoms with Crippen molar-refractivity contribution in [3.05, 3.63) is 59.9 Å². The van der Waals surface area contributed by atoms with Crippen LogP contribution in [0.5, 0.6) is 0 Å². The Morgan fingerprint density at radius 3 is 2.60 bits per heavy atom. The summed E-state index contributed by atoms with van der Waals surface area (Å²) in [5, 5.41) is 3.21. The number of nitrogens with one attached hydrogen (secondary N) is 1. The Morgan fingerprint density at radius 2 is 1.80 bits per heavy atom. The molecular weight excluding hydrogens is 440 g/mol. The van der Waals surface area contributed by atoms with E-state index in [9.17, 15) is 4.79 Å². The summed E-state index contributed by atoms with van der Waals surface area (Å²) in [7, 11) is 0. The van der Waals surface area contributed by atoms with Crippen LogP contribution in [0.2, 0.25) is 0 Å². The summed E-state index contributed by atoms with van der Waals surface area (Å²) < 4.78 is 5.56. The minimum atomic E-state index is -0.00346. The van der Waals surface area contributed by atoms with Crippen molar-refractivity contribution in [3.63, 3.8) is 0 Å². The number of carbonyl (C=O) groups is 1. The van der Waals surface area contributed by atoms with Crippen LogP contribution in [0.1, 0.15) is 41.6 Å². The van der Waals surface area contributed by atoms with Gasteiger partial charge in [0, 0.05) is 60.4 Å². The van der Waals surface area contributed by atoms with Gasteiger partial charge in [-0.25, -0.2) is 4.98 Å². The van der Waals surface area contributed by atoms with Gasteiger partial charge in [0.25, 0.3) is 5.91 Å². The molecule has 35 heavy (non-hydrogen) atoms. The number of rotatable bonds is 5. The second-order valence-electron chi connectivity index (χ2n) is 9.42. The minimum Gasteiger partial charge on any atom is -0.378 e. The molecule has 1 saturated carbocycles. The van der Waals surface area contributed by atoms with Gasteiger partial charge in [-0.15, -0.1) is 0 Å². The van der Waals surface area contributed by atoms with E-state index in [0.717, 1.165) is 67.2 Å². The summed E-state index contributed by atoms with van der Waals surface area (Å²) in [6, 6.07) is 12.2. The number of anilines is 3. The highest BCUT2D eigenvalue weighted by molar-refractivity contribution is 5.95. The number of amides is 1. The Bertz CT molecular complexity index is 1210. The van der Waals surface area contributed by atoms with E-state index in [4.69, 9.17) is 14.7 Å². The minimum absolute atomic E-state index is 0.00346. The molecule has 180 valence electrons. The third-order valence-electron chi connectivity index (χ3n) is 7.17. The Kier molecular flexibility index (Phi) is 6.04. The summed E-state index contributed by atoms with van der Waals surface area (Å²) in [6.45, 7) is 3.69. The summed E-state index contributed by atoms with van der Waals surface area (Å²) >= 11 is 0. The maximum atomic E-state index is 13.0. The fourth-order valence-electron chi connectivity index (χ4n) is 5.31. The Labute approximate surface area is 205 Å². The lowest BCUT2D eigenvalue weighted by Crippen LogP contribution is -2.37. The molecular formula is C27H30N6O2. The molecule has 8 heteroatoms. The quantitative estimate of drug-likeness (QED) is 0.608. The van der Waals surface area contributed by atoms with Gasteiger partial charge < -0.3 is 19.9 Å². The number of pyridine rings is 1. The van der Waals surface area contributed by atoms with Gasteiger partial charge in [0.05, 0.1) is 18.9 Å². The summed E-state index contributed by atoms with van der Waals surface area (Å²) in [4.78, 5) is 31.7. The van der Waals surface area contributed by atoms with E-state index < -0.39 is 0 Å². The molecule has 1 amide bonds. The van der Waals surface area contributed by atoms with Crippen LogP contribution in [-0.2, 0) is 11.2 Å². The topological polar surface area (TPSA) is 83.5 Å². The van der Waals surface area contributed by atoms with E-state index in [1.165, 1.54) is 12.8 Å². The van der Waals surface area contributed by atoms with E-state index >= 15 is 0 Å². The molecule has 0 radical (unpaired) electrons. The third kappa shape index (κ3) is 4.46. The normalized spacial score (nSPS) is 18.1. The first-order valence-electron chi connectivity index (χ1n) is 12.6. The lowest BCUT2D eigenvalue weighted by atomic mass is 10.0. The van der Waals surface area contributed by atoms with E-state index in [1.807, 2.05) is 48.8 Å². The van der Waals surface area contributed by atoms with Gasteiger partial charge in [-0.1, -0.05) is 25.0 Å². The average molecular weight is 471 g/mol. The lowest BCUT2D eigenvalue weighted by Gasteiger charge is -2.28. The Hall–Kier alpha value is -3.52. The van der Waals surface area contributed by atoms with Crippen LogP contribution in [0.25, 0.3) is 11.3 Å². The molecule has 2 fully saturated rings. The zero-order valence-corrected chi connectivity index (χ0v) is 19.8. The monoisotopic (exact) mass is 470 g/mol. The zero-order chi connectivity index (χ0) is 23.6. The van der Waals surface area contributed by atoms with Gasteiger partial charge in [0.1, 0.15) is 5.82 Å². The van der Waals surface area contributed by atoms with Crippen molar-refractivity contribution in [2.75, 3.05) is 42.6 Å². The Morgan fingerprint density at radius 1 is 1.00 bits per heavy atom. The number of morpholine rings is 1.